The van der Waals surface area contributed by atoms with E-state index in [1.165, 1.54) is 31.2 Å². The highest BCUT2D eigenvalue weighted by Crippen LogP contribution is 2.16. The van der Waals surface area contributed by atoms with Crippen LogP contribution in [0.5, 0.6) is 0 Å². The predicted octanol–water partition coefficient (Wildman–Crippen LogP) is -0.534. The van der Waals surface area contributed by atoms with Crippen molar-refractivity contribution in [3.8, 4) is 0 Å². The van der Waals surface area contributed by atoms with Gasteiger partial charge in [-0.15, -0.1) is 0 Å². The number of hydrogen-bond acceptors (Lipinski definition) is 5. The molecule has 17 heavy (non-hydrogen) atoms. The topological polar surface area (TPSA) is 113 Å². The third-order valence-corrected chi connectivity index (χ3v) is 2.25. The number of benzene rings is 1. The van der Waals surface area contributed by atoms with Crippen LogP contribution in [-0.4, -0.2) is 34.2 Å². The average Bonchev–Trinajstić information content (AvgIpc) is 2.28. The summed E-state index contributed by atoms with van der Waals surface area (Å²) in [6, 6.07) is 6.13. The Hall–Kier alpha value is -1.92. The Labute approximate surface area is 98.1 Å². The zero-order valence-corrected chi connectivity index (χ0v) is 9.25. The Kier molecular flexibility index (Phi) is 3.82. The first-order valence-electron chi connectivity index (χ1n) is 4.90. The molecule has 0 aromatic heterocycles. The molecule has 0 saturated heterocycles. The second kappa shape index (κ2) is 4.94. The van der Waals surface area contributed by atoms with Gasteiger partial charge in [-0.05, 0) is 31.2 Å². The lowest BCUT2D eigenvalue weighted by Crippen LogP contribution is -2.52. The average molecular weight is 238 g/mol. The van der Waals surface area contributed by atoms with Crippen LogP contribution in [0, 0.1) is 0 Å². The van der Waals surface area contributed by atoms with E-state index in [0.29, 0.717) is 17.5 Å². The number of nitrogens with two attached hydrogens (primary N) is 1. The van der Waals surface area contributed by atoms with E-state index in [-0.39, 0.29) is 0 Å². The fraction of sp³-hybridized carbons (Fsp3) is 0.273. The van der Waals surface area contributed by atoms with Crippen molar-refractivity contribution < 1.29 is 19.8 Å². The van der Waals surface area contributed by atoms with Gasteiger partial charge in [-0.2, -0.15) is 0 Å². The number of amides is 1. The van der Waals surface area contributed by atoms with Crippen molar-refractivity contribution >= 4 is 17.9 Å². The van der Waals surface area contributed by atoms with Gasteiger partial charge in [-0.25, -0.2) is 0 Å². The molecule has 0 saturated carbocycles. The van der Waals surface area contributed by atoms with E-state index in [2.05, 4.69) is 5.32 Å². The predicted molar refractivity (Wildman–Crippen MR) is 61.3 cm³/mol. The van der Waals surface area contributed by atoms with Crippen LogP contribution in [0.15, 0.2) is 24.3 Å². The van der Waals surface area contributed by atoms with E-state index >= 15 is 0 Å². The van der Waals surface area contributed by atoms with E-state index in [1.807, 2.05) is 0 Å². The number of aliphatic hydroxyl groups excluding tert-OH is 1. The first-order chi connectivity index (χ1) is 7.86. The first-order valence-corrected chi connectivity index (χ1v) is 4.90. The fourth-order valence-electron chi connectivity index (χ4n) is 1.28. The van der Waals surface area contributed by atoms with Gasteiger partial charge in [-0.3, -0.25) is 9.59 Å². The molecule has 92 valence electrons. The molecular formula is C11H14N2O4. The maximum atomic E-state index is 10.8. The number of primary amides is 1. The van der Waals surface area contributed by atoms with E-state index in [4.69, 9.17) is 5.73 Å². The normalized spacial score (nSPS) is 15.7. The van der Waals surface area contributed by atoms with Gasteiger partial charge < -0.3 is 21.3 Å². The van der Waals surface area contributed by atoms with Gasteiger partial charge in [0.15, 0.2) is 11.8 Å². The van der Waals surface area contributed by atoms with Gasteiger partial charge in [0.25, 0.3) is 5.91 Å². The van der Waals surface area contributed by atoms with E-state index in [9.17, 15) is 19.8 Å². The highest BCUT2D eigenvalue weighted by atomic mass is 16.4. The lowest BCUT2D eigenvalue weighted by atomic mass is 10.1. The molecule has 0 aliphatic heterocycles. The van der Waals surface area contributed by atoms with Gasteiger partial charge >= 0.3 is 0 Å². The Balaban J connectivity index is 2.82. The highest BCUT2D eigenvalue weighted by molar-refractivity contribution is 5.80. The molecule has 2 atom stereocenters. The smallest absolute Gasteiger partial charge is 0.251 e. The first kappa shape index (κ1) is 13.1. The summed E-state index contributed by atoms with van der Waals surface area (Å²) < 4.78 is 0. The largest absolute Gasteiger partial charge is 0.379 e. The van der Waals surface area contributed by atoms with Crippen molar-refractivity contribution in [2.75, 3.05) is 5.32 Å². The SMILES string of the molecule is CC(O)(Nc1ccc(C=O)cc1)C(O)C(N)=O. The fourth-order valence-corrected chi connectivity index (χ4v) is 1.28. The van der Waals surface area contributed by atoms with Gasteiger partial charge in [-0.1, -0.05) is 0 Å². The zero-order chi connectivity index (χ0) is 13.1. The molecule has 0 aliphatic rings. The lowest BCUT2D eigenvalue weighted by molar-refractivity contribution is -0.137. The maximum Gasteiger partial charge on any atom is 0.251 e. The van der Waals surface area contributed by atoms with Crippen LogP contribution in [0.1, 0.15) is 17.3 Å². The molecule has 0 aliphatic carbocycles. The number of aldehydes is 1. The number of carbonyl (C=O) groups excluding carboxylic acids is 2. The molecule has 0 bridgehead atoms. The van der Waals surface area contributed by atoms with Crippen LogP contribution >= 0.6 is 0 Å². The summed E-state index contributed by atoms with van der Waals surface area (Å²) in [6.45, 7) is 1.22. The molecule has 0 radical (unpaired) electrons. The van der Waals surface area contributed by atoms with Crippen LogP contribution < -0.4 is 11.1 Å². The lowest BCUT2D eigenvalue weighted by Gasteiger charge is -2.29. The summed E-state index contributed by atoms with van der Waals surface area (Å²) in [6.07, 6.45) is -1.06. The molecule has 0 fully saturated rings. The maximum absolute atomic E-state index is 10.8. The third kappa shape index (κ3) is 3.27. The van der Waals surface area contributed by atoms with Crippen LogP contribution in [0.4, 0.5) is 5.69 Å². The molecule has 1 amide bonds. The molecule has 1 aromatic carbocycles. The van der Waals surface area contributed by atoms with Crippen molar-refractivity contribution in [1.29, 1.82) is 0 Å². The quantitative estimate of drug-likeness (QED) is 0.406. The summed E-state index contributed by atoms with van der Waals surface area (Å²) in [5.74, 6) is -1.04. The number of nitrogens with one attached hydrogen (secondary N) is 1. The summed E-state index contributed by atoms with van der Waals surface area (Å²) in [4.78, 5) is 21.2. The van der Waals surface area contributed by atoms with Crippen LogP contribution in [0.3, 0.4) is 0 Å². The summed E-state index contributed by atoms with van der Waals surface area (Å²) in [5, 5.41) is 21.7. The van der Waals surface area contributed by atoms with E-state index < -0.39 is 17.7 Å². The minimum absolute atomic E-state index is 0.445. The van der Waals surface area contributed by atoms with E-state index in [0.717, 1.165) is 0 Å². The van der Waals surface area contributed by atoms with Crippen molar-refractivity contribution in [2.24, 2.45) is 5.73 Å². The summed E-state index contributed by atoms with van der Waals surface area (Å²) in [5.41, 5.74) is 3.93. The molecule has 6 heteroatoms. The van der Waals surface area contributed by atoms with Crippen molar-refractivity contribution in [2.45, 2.75) is 18.8 Å². The Morgan fingerprint density at radius 3 is 2.41 bits per heavy atom. The molecule has 5 N–H and O–H groups in total. The van der Waals surface area contributed by atoms with Crippen LogP contribution in [0.25, 0.3) is 0 Å². The van der Waals surface area contributed by atoms with Gasteiger partial charge in [0, 0.05) is 11.3 Å². The Morgan fingerprint density at radius 1 is 1.47 bits per heavy atom. The highest BCUT2D eigenvalue weighted by Gasteiger charge is 2.34. The number of rotatable bonds is 5. The molecular weight excluding hydrogens is 224 g/mol. The van der Waals surface area contributed by atoms with Crippen molar-refractivity contribution in [3.63, 3.8) is 0 Å². The van der Waals surface area contributed by atoms with Gasteiger partial charge in [0.2, 0.25) is 0 Å². The summed E-state index contributed by atoms with van der Waals surface area (Å²) in [7, 11) is 0. The number of anilines is 1. The van der Waals surface area contributed by atoms with Gasteiger partial charge in [0.1, 0.15) is 6.29 Å². The monoisotopic (exact) mass is 238 g/mol. The molecule has 2 unspecified atom stereocenters. The van der Waals surface area contributed by atoms with Crippen LogP contribution in [-0.2, 0) is 4.79 Å². The minimum Gasteiger partial charge on any atom is -0.379 e. The minimum atomic E-state index is -1.88. The van der Waals surface area contributed by atoms with Crippen LogP contribution in [0.2, 0.25) is 0 Å². The molecule has 0 spiro atoms. The Morgan fingerprint density at radius 2 is 2.00 bits per heavy atom. The third-order valence-electron chi connectivity index (χ3n) is 2.25. The number of aliphatic hydroxyl groups is 2. The standard InChI is InChI=1S/C11H14N2O4/c1-11(17,9(15)10(12)16)13-8-4-2-7(6-14)3-5-8/h2-6,9,13,15,17H,1H3,(H2,12,16). The number of hydrogen-bond donors (Lipinski definition) is 4. The van der Waals surface area contributed by atoms with Crippen molar-refractivity contribution in [1.82, 2.24) is 0 Å². The molecule has 1 rings (SSSR count). The molecule has 0 heterocycles. The Bertz CT molecular complexity index is 414. The second-order valence-electron chi connectivity index (χ2n) is 3.82. The van der Waals surface area contributed by atoms with E-state index in [1.54, 1.807) is 0 Å². The van der Waals surface area contributed by atoms with Gasteiger partial charge in [0.05, 0.1) is 0 Å². The zero-order valence-electron chi connectivity index (χ0n) is 9.25. The summed E-state index contributed by atoms with van der Waals surface area (Å²) >= 11 is 0. The second-order valence-corrected chi connectivity index (χ2v) is 3.82. The molecule has 6 nitrogen and oxygen atoms in total. The van der Waals surface area contributed by atoms with Crippen molar-refractivity contribution in [3.05, 3.63) is 29.8 Å². The number of carbonyl (C=O) groups is 2. The molecule has 1 aromatic rings.